The summed E-state index contributed by atoms with van der Waals surface area (Å²) >= 11 is 1.53. The average Bonchev–Trinajstić information content (AvgIpc) is 2.96. The van der Waals surface area contributed by atoms with Crippen LogP contribution in [0.15, 0.2) is 11.4 Å². The van der Waals surface area contributed by atoms with Gasteiger partial charge >= 0.3 is 0 Å². The summed E-state index contributed by atoms with van der Waals surface area (Å²) in [5.41, 5.74) is 6.87. The van der Waals surface area contributed by atoms with Gasteiger partial charge < -0.3 is 11.1 Å². The Morgan fingerprint density at radius 1 is 1.59 bits per heavy atom. The number of carbonyl (C=O) groups excluding carboxylic acids is 1. The zero-order chi connectivity index (χ0) is 12.3. The third-order valence-electron chi connectivity index (χ3n) is 3.61. The molecule has 3 nitrogen and oxygen atoms in total. The van der Waals surface area contributed by atoms with Gasteiger partial charge in [-0.05, 0) is 48.7 Å². The van der Waals surface area contributed by atoms with Crippen LogP contribution >= 0.6 is 11.3 Å². The number of nitrogens with two attached hydrogens (primary N) is 1. The molecule has 1 saturated carbocycles. The van der Waals surface area contributed by atoms with Crippen LogP contribution in [0.2, 0.25) is 0 Å². The first-order valence-electron chi connectivity index (χ1n) is 6.33. The summed E-state index contributed by atoms with van der Waals surface area (Å²) in [7, 11) is 0. The summed E-state index contributed by atoms with van der Waals surface area (Å²) in [6, 6.07) is 2.31. The molecule has 1 heterocycles. The summed E-state index contributed by atoms with van der Waals surface area (Å²) < 4.78 is 0. The molecule has 94 valence electrons. The molecule has 0 aliphatic heterocycles. The van der Waals surface area contributed by atoms with Gasteiger partial charge in [-0.1, -0.05) is 13.3 Å². The quantitative estimate of drug-likeness (QED) is 0.863. The number of carbonyl (C=O) groups is 1. The van der Waals surface area contributed by atoms with Crippen molar-refractivity contribution in [1.29, 1.82) is 0 Å². The van der Waals surface area contributed by atoms with Crippen molar-refractivity contribution in [2.24, 2.45) is 11.7 Å². The lowest BCUT2D eigenvalue weighted by molar-refractivity contribution is 0.0932. The minimum absolute atomic E-state index is 0.0854. The van der Waals surface area contributed by atoms with E-state index in [1.54, 1.807) is 0 Å². The van der Waals surface area contributed by atoms with Crippen molar-refractivity contribution in [3.63, 3.8) is 0 Å². The Bertz CT molecular complexity index is 389. The van der Waals surface area contributed by atoms with E-state index < -0.39 is 0 Å². The minimum Gasteiger partial charge on any atom is -0.348 e. The fourth-order valence-corrected chi connectivity index (χ4v) is 3.45. The van der Waals surface area contributed by atoms with Crippen LogP contribution in [0, 0.1) is 5.92 Å². The average molecular weight is 252 g/mol. The Balaban J connectivity index is 2.01. The zero-order valence-corrected chi connectivity index (χ0v) is 11.1. The molecule has 3 N–H and O–H groups in total. The van der Waals surface area contributed by atoms with Crippen molar-refractivity contribution >= 4 is 17.2 Å². The van der Waals surface area contributed by atoms with Gasteiger partial charge in [0.2, 0.25) is 0 Å². The van der Waals surface area contributed by atoms with E-state index in [0.29, 0.717) is 12.5 Å². The van der Waals surface area contributed by atoms with E-state index in [4.69, 9.17) is 5.73 Å². The number of thiophene rings is 1. The fourth-order valence-electron chi connectivity index (χ4n) is 2.56. The molecule has 1 aromatic heterocycles. The maximum atomic E-state index is 12.2. The molecular formula is C13H20N2OS. The van der Waals surface area contributed by atoms with Crippen LogP contribution in [0.1, 0.15) is 41.4 Å². The molecule has 1 fully saturated rings. The molecule has 1 aliphatic carbocycles. The van der Waals surface area contributed by atoms with Gasteiger partial charge in [0.1, 0.15) is 0 Å². The molecule has 17 heavy (non-hydrogen) atoms. The summed E-state index contributed by atoms with van der Waals surface area (Å²) in [6.45, 7) is 2.76. The lowest BCUT2D eigenvalue weighted by atomic mass is 10.0. The molecule has 4 heteroatoms. The van der Waals surface area contributed by atoms with E-state index in [0.717, 1.165) is 29.7 Å². The smallest absolute Gasteiger partial charge is 0.261 e. The maximum Gasteiger partial charge on any atom is 0.261 e. The fraction of sp³-hybridized carbons (Fsp3) is 0.615. The molecule has 2 atom stereocenters. The van der Waals surface area contributed by atoms with Gasteiger partial charge in [-0.25, -0.2) is 0 Å². The summed E-state index contributed by atoms with van der Waals surface area (Å²) in [4.78, 5) is 13.0. The van der Waals surface area contributed by atoms with Gasteiger partial charge in [-0.3, -0.25) is 4.79 Å². The van der Waals surface area contributed by atoms with E-state index in [-0.39, 0.29) is 11.9 Å². The van der Waals surface area contributed by atoms with Crippen molar-refractivity contribution in [2.45, 2.75) is 38.6 Å². The highest BCUT2D eigenvalue weighted by Gasteiger charge is 2.28. The van der Waals surface area contributed by atoms with Crippen molar-refractivity contribution in [3.05, 3.63) is 21.9 Å². The highest BCUT2D eigenvalue weighted by molar-refractivity contribution is 7.12. The number of hydrogen-bond donors (Lipinski definition) is 2. The second kappa shape index (κ2) is 5.65. The normalized spacial score (nSPS) is 23.9. The van der Waals surface area contributed by atoms with Crippen molar-refractivity contribution < 1.29 is 4.79 Å². The highest BCUT2D eigenvalue weighted by atomic mass is 32.1. The second-order valence-corrected chi connectivity index (χ2v) is 5.55. The van der Waals surface area contributed by atoms with E-state index in [9.17, 15) is 4.79 Å². The first kappa shape index (κ1) is 12.6. The van der Waals surface area contributed by atoms with Gasteiger partial charge in [-0.15, -0.1) is 11.3 Å². The molecule has 1 amide bonds. The van der Waals surface area contributed by atoms with E-state index in [1.165, 1.54) is 17.8 Å². The van der Waals surface area contributed by atoms with Crippen LogP contribution in [-0.4, -0.2) is 18.5 Å². The van der Waals surface area contributed by atoms with Crippen LogP contribution in [0.25, 0.3) is 0 Å². The largest absolute Gasteiger partial charge is 0.348 e. The molecule has 1 aromatic rings. The van der Waals surface area contributed by atoms with Crippen LogP contribution < -0.4 is 11.1 Å². The van der Waals surface area contributed by atoms with E-state index in [2.05, 4.69) is 12.2 Å². The molecule has 0 spiro atoms. The Morgan fingerprint density at radius 3 is 3.12 bits per heavy atom. The number of nitrogens with one attached hydrogen (secondary N) is 1. The van der Waals surface area contributed by atoms with Crippen LogP contribution in [0.5, 0.6) is 0 Å². The SMILES string of the molecule is CCc1ccsc1C(=O)NC1CCCC1CN. The van der Waals surface area contributed by atoms with Gasteiger partial charge in [0.25, 0.3) is 5.91 Å². The first-order chi connectivity index (χ1) is 8.26. The molecule has 1 aliphatic rings. The first-order valence-corrected chi connectivity index (χ1v) is 7.21. The lowest BCUT2D eigenvalue weighted by Gasteiger charge is -2.19. The third kappa shape index (κ3) is 2.69. The molecule has 0 bridgehead atoms. The number of amides is 1. The topological polar surface area (TPSA) is 55.1 Å². The Morgan fingerprint density at radius 2 is 2.41 bits per heavy atom. The molecule has 2 rings (SSSR count). The third-order valence-corrected chi connectivity index (χ3v) is 4.57. The summed E-state index contributed by atoms with van der Waals surface area (Å²) in [6.07, 6.45) is 4.31. The predicted molar refractivity (Wildman–Crippen MR) is 71.3 cm³/mol. The Kier molecular flexibility index (Phi) is 4.18. The van der Waals surface area contributed by atoms with Crippen molar-refractivity contribution in [2.75, 3.05) is 6.54 Å². The zero-order valence-electron chi connectivity index (χ0n) is 10.2. The molecule has 0 radical (unpaired) electrons. The van der Waals surface area contributed by atoms with E-state index >= 15 is 0 Å². The second-order valence-electron chi connectivity index (χ2n) is 4.64. The van der Waals surface area contributed by atoms with Gasteiger partial charge in [0.15, 0.2) is 0 Å². The molecule has 0 aromatic carbocycles. The van der Waals surface area contributed by atoms with Crippen molar-refractivity contribution in [3.8, 4) is 0 Å². The number of aryl methyl sites for hydroxylation is 1. The Labute approximate surface area is 106 Å². The highest BCUT2D eigenvalue weighted by Crippen LogP contribution is 2.25. The lowest BCUT2D eigenvalue weighted by Crippen LogP contribution is -2.39. The monoisotopic (exact) mass is 252 g/mol. The van der Waals surface area contributed by atoms with E-state index in [1.807, 2.05) is 11.4 Å². The van der Waals surface area contributed by atoms with Crippen LogP contribution in [0.3, 0.4) is 0 Å². The van der Waals surface area contributed by atoms with Gasteiger partial charge in [-0.2, -0.15) is 0 Å². The minimum atomic E-state index is 0.0854. The van der Waals surface area contributed by atoms with Crippen molar-refractivity contribution in [1.82, 2.24) is 5.32 Å². The predicted octanol–water partition coefficient (Wildman–Crippen LogP) is 2.17. The standard InChI is InChI=1S/C13H20N2OS/c1-2-9-6-7-17-12(9)13(16)15-11-5-3-4-10(11)8-14/h6-7,10-11H,2-5,8,14H2,1H3,(H,15,16). The maximum absolute atomic E-state index is 12.2. The molecule has 2 unspecified atom stereocenters. The summed E-state index contributed by atoms with van der Waals surface area (Å²) in [5, 5.41) is 5.14. The number of rotatable bonds is 4. The number of hydrogen-bond acceptors (Lipinski definition) is 3. The van der Waals surface area contributed by atoms with Crippen LogP contribution in [-0.2, 0) is 6.42 Å². The summed E-state index contributed by atoms with van der Waals surface area (Å²) in [5.74, 6) is 0.547. The van der Waals surface area contributed by atoms with Crippen LogP contribution in [0.4, 0.5) is 0 Å². The van der Waals surface area contributed by atoms with Gasteiger partial charge in [0, 0.05) is 6.04 Å². The molecular weight excluding hydrogens is 232 g/mol. The molecule has 0 saturated heterocycles. The van der Waals surface area contributed by atoms with Gasteiger partial charge in [0.05, 0.1) is 4.88 Å². The Hall–Kier alpha value is -0.870.